The van der Waals surface area contributed by atoms with Gasteiger partial charge in [-0.1, -0.05) is 18.2 Å². The lowest BCUT2D eigenvalue weighted by Crippen LogP contribution is -2.21. The van der Waals surface area contributed by atoms with Crippen molar-refractivity contribution in [2.45, 2.75) is 0 Å². The minimum atomic E-state index is -0.170. The highest BCUT2D eigenvalue weighted by molar-refractivity contribution is 7.58. The average molecular weight is 366 g/mol. The first kappa shape index (κ1) is 16.1. The molecule has 3 aromatic rings. The van der Waals surface area contributed by atoms with Gasteiger partial charge in [0.25, 0.3) is 0 Å². The van der Waals surface area contributed by atoms with Crippen molar-refractivity contribution >= 4 is 40.0 Å². The number of tetrazole rings is 1. The summed E-state index contributed by atoms with van der Waals surface area (Å²) in [7, 11) is 1.77. The van der Waals surface area contributed by atoms with E-state index in [4.69, 9.17) is 0 Å². The number of aryl methyl sites for hydroxylation is 1. The van der Waals surface area contributed by atoms with E-state index in [0.717, 1.165) is 28.3 Å². The Balaban J connectivity index is 1.42. The predicted molar refractivity (Wildman–Crippen MR) is 99.3 cm³/mol. The lowest BCUT2D eigenvalue weighted by atomic mass is 10.2. The number of carbonyl (C=O) groups is 1. The van der Waals surface area contributed by atoms with Crippen molar-refractivity contribution in [2.24, 2.45) is 15.8 Å². The molecule has 1 aliphatic rings. The Kier molecular flexibility index (Phi) is 4.23. The molecule has 0 radical (unpaired) electrons. The highest BCUT2D eigenvalue weighted by Crippen LogP contribution is 2.38. The Morgan fingerprint density at radius 3 is 2.92 bits per heavy atom. The topological polar surface area (TPSA) is 109 Å². The average Bonchev–Trinajstić information content (AvgIpc) is 3.29. The maximum absolute atomic E-state index is 12.3. The van der Waals surface area contributed by atoms with Gasteiger partial charge in [0.05, 0.1) is 23.6 Å². The van der Waals surface area contributed by atoms with Gasteiger partial charge in [0.1, 0.15) is 11.4 Å². The number of amides is 1. The molecule has 1 aromatic heterocycles. The van der Waals surface area contributed by atoms with E-state index in [2.05, 4.69) is 34.9 Å². The Labute approximate surface area is 152 Å². The van der Waals surface area contributed by atoms with Crippen LogP contribution in [0.2, 0.25) is 0 Å². The second kappa shape index (κ2) is 6.84. The van der Waals surface area contributed by atoms with Crippen LogP contribution in [0.25, 0.3) is 11.4 Å². The summed E-state index contributed by atoms with van der Waals surface area (Å²) < 4.78 is 9.97. The number of nitrogens with zero attached hydrogens (tertiary/aromatic N) is 6. The molecule has 0 bridgehead atoms. The van der Waals surface area contributed by atoms with Crippen LogP contribution in [0.1, 0.15) is 0 Å². The van der Waals surface area contributed by atoms with Crippen LogP contribution in [0.5, 0.6) is 0 Å². The Bertz CT molecular complexity index is 1050. The van der Waals surface area contributed by atoms with Gasteiger partial charge < -0.3 is 10.6 Å². The Hall–Kier alpha value is -3.40. The van der Waals surface area contributed by atoms with Gasteiger partial charge in [-0.2, -0.15) is 8.73 Å². The molecule has 2 N–H and O–H groups in total. The zero-order valence-electron chi connectivity index (χ0n) is 13.7. The van der Waals surface area contributed by atoms with Crippen LogP contribution in [0, 0.1) is 0 Å². The first-order valence-corrected chi connectivity index (χ1v) is 8.51. The third-order valence-electron chi connectivity index (χ3n) is 3.75. The predicted octanol–water partition coefficient (Wildman–Crippen LogP) is 2.65. The molecule has 0 atom stereocenters. The Morgan fingerprint density at radius 1 is 1.19 bits per heavy atom. The third-order valence-corrected chi connectivity index (χ3v) is 4.30. The molecule has 0 aliphatic carbocycles. The van der Waals surface area contributed by atoms with Gasteiger partial charge >= 0.3 is 0 Å². The number of hydrogen-bond acceptors (Lipinski definition) is 7. The standard InChI is InChI=1S/C16H14N8OS/c1-24-16(19-22-23-24)10-4-2-5-11(8-10)17-9-14(25)18-12-6-3-7-13-15(12)21-26-20-13/h2-8,17H,9H2,1H3,(H,18,25). The summed E-state index contributed by atoms with van der Waals surface area (Å²) >= 11 is 1.12. The zero-order valence-corrected chi connectivity index (χ0v) is 14.6. The first-order valence-electron chi connectivity index (χ1n) is 7.78. The smallest absolute Gasteiger partial charge is 0.243 e. The van der Waals surface area contributed by atoms with E-state index in [-0.39, 0.29) is 12.5 Å². The lowest BCUT2D eigenvalue weighted by Gasteiger charge is -2.10. The van der Waals surface area contributed by atoms with Crippen molar-refractivity contribution in [3.05, 3.63) is 42.5 Å². The largest absolute Gasteiger partial charge is 0.376 e. The van der Waals surface area contributed by atoms with Crippen LogP contribution in [0.15, 0.2) is 51.2 Å². The van der Waals surface area contributed by atoms with Gasteiger partial charge in [-0.15, -0.1) is 5.10 Å². The second-order valence-corrected chi connectivity index (χ2v) is 6.07. The molecular formula is C16H14N8OS. The summed E-state index contributed by atoms with van der Waals surface area (Å²) in [6.07, 6.45) is 0. The first-order chi connectivity index (χ1) is 12.7. The van der Waals surface area contributed by atoms with E-state index >= 15 is 0 Å². The monoisotopic (exact) mass is 366 g/mol. The summed E-state index contributed by atoms with van der Waals surface area (Å²) in [4.78, 5) is 12.3. The molecular weight excluding hydrogens is 352 g/mol. The quantitative estimate of drug-likeness (QED) is 0.564. The second-order valence-electron chi connectivity index (χ2n) is 5.55. The SMILES string of the molecule is Cn1nnnc1-c1cccc(NCC(=O)Nc2cccc3c2N=S=N3)c1. The van der Waals surface area contributed by atoms with E-state index in [1.807, 2.05) is 42.5 Å². The molecule has 26 heavy (non-hydrogen) atoms. The number of nitrogens with one attached hydrogen (secondary N) is 2. The van der Waals surface area contributed by atoms with E-state index in [9.17, 15) is 4.79 Å². The van der Waals surface area contributed by atoms with Crippen LogP contribution >= 0.6 is 0 Å². The van der Waals surface area contributed by atoms with Gasteiger partial charge in [-0.05, 0) is 34.7 Å². The molecule has 0 unspecified atom stereocenters. The molecule has 9 nitrogen and oxygen atoms in total. The molecule has 4 rings (SSSR count). The van der Waals surface area contributed by atoms with Gasteiger partial charge in [0.2, 0.25) is 5.91 Å². The molecule has 1 aliphatic heterocycles. The summed E-state index contributed by atoms with van der Waals surface area (Å²) in [6.45, 7) is 0.120. The van der Waals surface area contributed by atoms with E-state index in [1.54, 1.807) is 11.7 Å². The fourth-order valence-electron chi connectivity index (χ4n) is 2.53. The van der Waals surface area contributed by atoms with Crippen LogP contribution in [-0.2, 0) is 23.2 Å². The number of anilines is 2. The van der Waals surface area contributed by atoms with Crippen LogP contribution in [0.4, 0.5) is 22.7 Å². The molecule has 0 saturated carbocycles. The molecule has 130 valence electrons. The van der Waals surface area contributed by atoms with Crippen molar-refractivity contribution < 1.29 is 4.79 Å². The van der Waals surface area contributed by atoms with Crippen molar-refractivity contribution in [3.63, 3.8) is 0 Å². The molecule has 0 saturated heterocycles. The van der Waals surface area contributed by atoms with Crippen molar-refractivity contribution in [1.29, 1.82) is 0 Å². The van der Waals surface area contributed by atoms with E-state index < -0.39 is 0 Å². The zero-order chi connectivity index (χ0) is 17.9. The number of aromatic nitrogens is 4. The summed E-state index contributed by atoms with van der Waals surface area (Å²) in [5, 5.41) is 17.4. The molecule has 2 aromatic carbocycles. The lowest BCUT2D eigenvalue weighted by molar-refractivity contribution is -0.114. The fourth-order valence-corrected chi connectivity index (χ4v) is 3.08. The van der Waals surface area contributed by atoms with E-state index in [1.165, 1.54) is 0 Å². The Morgan fingerprint density at radius 2 is 2.08 bits per heavy atom. The number of rotatable bonds is 5. The van der Waals surface area contributed by atoms with Gasteiger partial charge in [0, 0.05) is 18.3 Å². The summed E-state index contributed by atoms with van der Waals surface area (Å²) in [5.41, 5.74) is 3.78. The highest BCUT2D eigenvalue weighted by atomic mass is 32.1. The van der Waals surface area contributed by atoms with Crippen LogP contribution in [0.3, 0.4) is 0 Å². The number of hydrogen-bond donors (Lipinski definition) is 2. The normalized spacial score (nSPS) is 11.7. The molecule has 0 spiro atoms. The maximum Gasteiger partial charge on any atom is 0.243 e. The summed E-state index contributed by atoms with van der Waals surface area (Å²) in [6, 6.07) is 13.1. The number of fused-ring (bicyclic) bond motifs is 1. The van der Waals surface area contributed by atoms with E-state index in [0.29, 0.717) is 17.2 Å². The number of benzene rings is 2. The molecule has 1 amide bonds. The summed E-state index contributed by atoms with van der Waals surface area (Å²) in [5.74, 6) is 0.483. The van der Waals surface area contributed by atoms with Crippen molar-refractivity contribution in [2.75, 3.05) is 17.2 Å². The van der Waals surface area contributed by atoms with Gasteiger partial charge in [-0.25, -0.2) is 4.68 Å². The van der Waals surface area contributed by atoms with Crippen molar-refractivity contribution in [3.8, 4) is 11.4 Å². The van der Waals surface area contributed by atoms with Crippen LogP contribution in [-0.4, -0.2) is 32.7 Å². The fraction of sp³-hybridized carbons (Fsp3) is 0.125. The third kappa shape index (κ3) is 3.22. The highest BCUT2D eigenvalue weighted by Gasteiger charge is 2.13. The molecule has 0 fully saturated rings. The van der Waals surface area contributed by atoms with Gasteiger partial charge in [-0.3, -0.25) is 4.79 Å². The molecule has 10 heteroatoms. The minimum absolute atomic E-state index is 0.120. The van der Waals surface area contributed by atoms with Crippen LogP contribution < -0.4 is 10.6 Å². The number of carbonyl (C=O) groups excluding carboxylic acids is 1. The molecule has 2 heterocycles. The maximum atomic E-state index is 12.3. The minimum Gasteiger partial charge on any atom is -0.376 e. The van der Waals surface area contributed by atoms with Gasteiger partial charge in [0.15, 0.2) is 5.82 Å². The van der Waals surface area contributed by atoms with Crippen molar-refractivity contribution in [1.82, 2.24) is 20.2 Å².